The Morgan fingerprint density at radius 3 is 2.52 bits per heavy atom. The molecule has 116 valence electrons. The normalized spacial score (nSPS) is 10.2. The summed E-state index contributed by atoms with van der Waals surface area (Å²) in [5.41, 5.74) is 6.74. The SMILES string of the molecule is CCCC(=O)NCC(=O)N(CCN)CCc1ccccc1. The fraction of sp³-hybridized carbons (Fsp3) is 0.500. The van der Waals surface area contributed by atoms with Crippen LogP contribution in [0.2, 0.25) is 0 Å². The first-order valence-corrected chi connectivity index (χ1v) is 7.45. The summed E-state index contributed by atoms with van der Waals surface area (Å²) in [6.07, 6.45) is 2.02. The van der Waals surface area contributed by atoms with E-state index in [4.69, 9.17) is 5.73 Å². The second-order valence-corrected chi connectivity index (χ2v) is 4.93. The second-order valence-electron chi connectivity index (χ2n) is 4.93. The van der Waals surface area contributed by atoms with Crippen LogP contribution in [0.3, 0.4) is 0 Å². The van der Waals surface area contributed by atoms with Gasteiger partial charge in [-0.3, -0.25) is 9.59 Å². The van der Waals surface area contributed by atoms with E-state index in [0.717, 1.165) is 12.8 Å². The predicted octanol–water partition coefficient (Wildman–Crippen LogP) is 0.933. The molecule has 0 aliphatic rings. The molecule has 0 aliphatic carbocycles. The van der Waals surface area contributed by atoms with Crippen LogP contribution in [-0.2, 0) is 16.0 Å². The van der Waals surface area contributed by atoms with Crippen LogP contribution in [0.4, 0.5) is 0 Å². The number of rotatable bonds is 9. The van der Waals surface area contributed by atoms with Crippen LogP contribution in [0.1, 0.15) is 25.3 Å². The second kappa shape index (κ2) is 9.94. The summed E-state index contributed by atoms with van der Waals surface area (Å²) in [6, 6.07) is 10.0. The molecule has 0 bridgehead atoms. The van der Waals surface area contributed by atoms with E-state index in [1.54, 1.807) is 4.90 Å². The Kier molecular flexibility index (Phi) is 8.12. The number of benzene rings is 1. The van der Waals surface area contributed by atoms with Crippen LogP contribution in [0.5, 0.6) is 0 Å². The molecule has 0 saturated carbocycles. The van der Waals surface area contributed by atoms with E-state index >= 15 is 0 Å². The van der Waals surface area contributed by atoms with Crippen LogP contribution >= 0.6 is 0 Å². The highest BCUT2D eigenvalue weighted by Gasteiger charge is 2.13. The maximum Gasteiger partial charge on any atom is 0.242 e. The van der Waals surface area contributed by atoms with Crippen LogP contribution in [0, 0.1) is 0 Å². The molecule has 21 heavy (non-hydrogen) atoms. The van der Waals surface area contributed by atoms with Gasteiger partial charge in [0, 0.05) is 26.1 Å². The Morgan fingerprint density at radius 2 is 1.90 bits per heavy atom. The molecule has 0 heterocycles. The molecular weight excluding hydrogens is 266 g/mol. The van der Waals surface area contributed by atoms with E-state index < -0.39 is 0 Å². The first-order chi connectivity index (χ1) is 10.2. The summed E-state index contributed by atoms with van der Waals surface area (Å²) < 4.78 is 0. The Morgan fingerprint density at radius 1 is 1.19 bits per heavy atom. The van der Waals surface area contributed by atoms with Gasteiger partial charge < -0.3 is 16.0 Å². The highest BCUT2D eigenvalue weighted by Crippen LogP contribution is 2.01. The topological polar surface area (TPSA) is 75.4 Å². The average molecular weight is 291 g/mol. The summed E-state index contributed by atoms with van der Waals surface area (Å²) in [7, 11) is 0. The molecule has 5 nitrogen and oxygen atoms in total. The smallest absolute Gasteiger partial charge is 0.242 e. The van der Waals surface area contributed by atoms with Gasteiger partial charge in [0.05, 0.1) is 6.54 Å². The number of hydrogen-bond acceptors (Lipinski definition) is 3. The van der Waals surface area contributed by atoms with Crippen molar-refractivity contribution in [3.8, 4) is 0 Å². The molecule has 1 aromatic carbocycles. The van der Waals surface area contributed by atoms with Crippen LogP contribution in [0.25, 0.3) is 0 Å². The quantitative estimate of drug-likeness (QED) is 0.711. The van der Waals surface area contributed by atoms with Crippen molar-refractivity contribution in [1.29, 1.82) is 0 Å². The Labute approximate surface area is 126 Å². The molecule has 0 saturated heterocycles. The lowest BCUT2D eigenvalue weighted by atomic mass is 10.1. The highest BCUT2D eigenvalue weighted by atomic mass is 16.2. The van der Waals surface area contributed by atoms with Gasteiger partial charge in [0.15, 0.2) is 0 Å². The third kappa shape index (κ3) is 6.90. The molecule has 0 fully saturated rings. The molecule has 1 aromatic rings. The van der Waals surface area contributed by atoms with Crippen LogP contribution < -0.4 is 11.1 Å². The van der Waals surface area contributed by atoms with Gasteiger partial charge >= 0.3 is 0 Å². The molecule has 3 N–H and O–H groups in total. The lowest BCUT2D eigenvalue weighted by molar-refractivity contribution is -0.132. The van der Waals surface area contributed by atoms with Gasteiger partial charge in [0.2, 0.25) is 11.8 Å². The molecule has 2 amide bonds. The van der Waals surface area contributed by atoms with Crippen LogP contribution in [-0.4, -0.2) is 42.9 Å². The van der Waals surface area contributed by atoms with Crippen molar-refractivity contribution >= 4 is 11.8 Å². The number of carbonyl (C=O) groups excluding carboxylic acids is 2. The van der Waals surface area contributed by atoms with E-state index in [1.165, 1.54) is 5.56 Å². The van der Waals surface area contributed by atoms with E-state index in [-0.39, 0.29) is 18.4 Å². The zero-order valence-corrected chi connectivity index (χ0v) is 12.7. The zero-order chi connectivity index (χ0) is 15.5. The lowest BCUT2D eigenvalue weighted by Crippen LogP contribution is -2.43. The maximum absolute atomic E-state index is 12.1. The van der Waals surface area contributed by atoms with Crippen molar-refractivity contribution in [1.82, 2.24) is 10.2 Å². The van der Waals surface area contributed by atoms with E-state index in [9.17, 15) is 9.59 Å². The molecular formula is C16H25N3O2. The summed E-state index contributed by atoms with van der Waals surface area (Å²) in [5, 5.41) is 2.65. The monoisotopic (exact) mass is 291 g/mol. The van der Waals surface area contributed by atoms with Gasteiger partial charge in [-0.2, -0.15) is 0 Å². The minimum atomic E-state index is -0.0826. The van der Waals surface area contributed by atoms with Gasteiger partial charge in [-0.25, -0.2) is 0 Å². The van der Waals surface area contributed by atoms with E-state index in [1.807, 2.05) is 37.3 Å². The van der Waals surface area contributed by atoms with Gasteiger partial charge in [-0.1, -0.05) is 37.3 Å². The van der Waals surface area contributed by atoms with Crippen molar-refractivity contribution < 1.29 is 9.59 Å². The first-order valence-electron chi connectivity index (χ1n) is 7.45. The highest BCUT2D eigenvalue weighted by molar-refractivity contribution is 5.84. The molecule has 0 spiro atoms. The summed E-state index contributed by atoms with van der Waals surface area (Å²) in [4.78, 5) is 25.2. The number of nitrogens with one attached hydrogen (secondary N) is 1. The van der Waals surface area contributed by atoms with Crippen molar-refractivity contribution in [2.24, 2.45) is 5.73 Å². The van der Waals surface area contributed by atoms with Gasteiger partial charge in [0.1, 0.15) is 0 Å². The molecule has 0 unspecified atom stereocenters. The maximum atomic E-state index is 12.1. The fourth-order valence-electron chi connectivity index (χ4n) is 2.03. The average Bonchev–Trinajstić information content (AvgIpc) is 2.50. The minimum Gasteiger partial charge on any atom is -0.347 e. The van der Waals surface area contributed by atoms with Gasteiger partial charge in [-0.05, 0) is 18.4 Å². The van der Waals surface area contributed by atoms with E-state index in [2.05, 4.69) is 5.32 Å². The standard InChI is InChI=1S/C16H25N3O2/c1-2-6-15(20)18-13-16(21)19(12-10-17)11-9-14-7-4-3-5-8-14/h3-5,7-8H,2,6,9-13,17H2,1H3,(H,18,20). The molecule has 0 aromatic heterocycles. The summed E-state index contributed by atoms with van der Waals surface area (Å²) >= 11 is 0. The van der Waals surface area contributed by atoms with Crippen LogP contribution in [0.15, 0.2) is 30.3 Å². The number of nitrogens with zero attached hydrogens (tertiary/aromatic N) is 1. The fourth-order valence-corrected chi connectivity index (χ4v) is 2.03. The molecule has 0 aliphatic heterocycles. The lowest BCUT2D eigenvalue weighted by Gasteiger charge is -2.22. The van der Waals surface area contributed by atoms with E-state index in [0.29, 0.717) is 26.1 Å². The molecule has 1 rings (SSSR count). The zero-order valence-electron chi connectivity index (χ0n) is 12.7. The van der Waals surface area contributed by atoms with Gasteiger partial charge in [0.25, 0.3) is 0 Å². The first kappa shape index (κ1) is 17.2. The number of carbonyl (C=O) groups is 2. The summed E-state index contributed by atoms with van der Waals surface area (Å²) in [6.45, 7) is 3.53. The Balaban J connectivity index is 2.44. The Hall–Kier alpha value is -1.88. The third-order valence-corrected chi connectivity index (χ3v) is 3.18. The molecule has 0 radical (unpaired) electrons. The van der Waals surface area contributed by atoms with Gasteiger partial charge in [-0.15, -0.1) is 0 Å². The van der Waals surface area contributed by atoms with Crippen molar-refractivity contribution in [3.05, 3.63) is 35.9 Å². The molecule has 5 heteroatoms. The number of hydrogen-bond donors (Lipinski definition) is 2. The largest absolute Gasteiger partial charge is 0.347 e. The number of amides is 2. The molecule has 0 atom stereocenters. The Bertz CT molecular complexity index is 434. The van der Waals surface area contributed by atoms with Crippen molar-refractivity contribution in [2.75, 3.05) is 26.2 Å². The van der Waals surface area contributed by atoms with Crippen molar-refractivity contribution in [2.45, 2.75) is 26.2 Å². The number of nitrogens with two attached hydrogens (primary N) is 1. The minimum absolute atomic E-state index is 0.0492. The third-order valence-electron chi connectivity index (χ3n) is 3.18. The predicted molar refractivity (Wildman–Crippen MR) is 83.7 cm³/mol. The van der Waals surface area contributed by atoms with Crippen molar-refractivity contribution in [3.63, 3.8) is 0 Å². The summed E-state index contributed by atoms with van der Waals surface area (Å²) in [5.74, 6) is -0.164.